The van der Waals surface area contributed by atoms with E-state index in [-0.39, 0.29) is 5.41 Å². The second kappa shape index (κ2) is 4.11. The molecule has 0 aliphatic heterocycles. The molecule has 1 saturated carbocycles. The van der Waals surface area contributed by atoms with Crippen molar-refractivity contribution in [2.75, 3.05) is 5.73 Å². The molecule has 3 heteroatoms. The van der Waals surface area contributed by atoms with E-state index in [0.717, 1.165) is 17.7 Å². The van der Waals surface area contributed by atoms with Gasteiger partial charge in [0.2, 0.25) is 0 Å². The minimum absolute atomic E-state index is 0.213. The molecule has 2 N–H and O–H groups in total. The highest BCUT2D eigenvalue weighted by molar-refractivity contribution is 5.45. The van der Waals surface area contributed by atoms with Crippen LogP contribution in [0.1, 0.15) is 70.1 Å². The number of nitrogens with two attached hydrogens (primary N) is 1. The largest absolute Gasteiger partial charge is 0.381 e. The van der Waals surface area contributed by atoms with E-state index in [1.807, 2.05) is 0 Å². The maximum atomic E-state index is 5.92. The summed E-state index contributed by atoms with van der Waals surface area (Å²) in [5.41, 5.74) is 7.27. The molecule has 0 unspecified atom stereocenters. The SMILES string of the molecule is CCC1(c2onc(N)c2C(C)C)CCCC1. The molecule has 1 aliphatic rings. The Kier molecular flexibility index (Phi) is 2.96. The van der Waals surface area contributed by atoms with Crippen molar-refractivity contribution in [2.45, 2.75) is 64.2 Å². The zero-order valence-electron chi connectivity index (χ0n) is 10.5. The summed E-state index contributed by atoms with van der Waals surface area (Å²) >= 11 is 0. The fourth-order valence-electron chi connectivity index (χ4n) is 3.04. The van der Waals surface area contributed by atoms with Crippen LogP contribution in [0.2, 0.25) is 0 Å². The van der Waals surface area contributed by atoms with Gasteiger partial charge in [-0.15, -0.1) is 0 Å². The lowest BCUT2D eigenvalue weighted by atomic mass is 9.77. The zero-order valence-corrected chi connectivity index (χ0v) is 10.5. The molecular weight excluding hydrogens is 200 g/mol. The minimum atomic E-state index is 0.213. The van der Waals surface area contributed by atoms with Gasteiger partial charge >= 0.3 is 0 Å². The first-order valence-electron chi connectivity index (χ1n) is 6.36. The molecule has 0 spiro atoms. The standard InChI is InChI=1S/C13H22N2O/c1-4-13(7-5-6-8-13)11-10(9(2)3)12(14)15-16-11/h9H,4-8H2,1-3H3,(H2,14,15). The smallest absolute Gasteiger partial charge is 0.170 e. The summed E-state index contributed by atoms with van der Waals surface area (Å²) < 4.78 is 5.56. The second-order valence-corrected chi connectivity index (χ2v) is 5.31. The van der Waals surface area contributed by atoms with E-state index in [4.69, 9.17) is 10.3 Å². The molecule has 16 heavy (non-hydrogen) atoms. The Morgan fingerprint density at radius 1 is 1.38 bits per heavy atom. The second-order valence-electron chi connectivity index (χ2n) is 5.31. The highest BCUT2D eigenvalue weighted by atomic mass is 16.5. The molecule has 1 aliphatic carbocycles. The molecule has 0 amide bonds. The Morgan fingerprint density at radius 2 is 2.00 bits per heavy atom. The molecule has 0 bridgehead atoms. The van der Waals surface area contributed by atoms with Gasteiger partial charge in [-0.05, 0) is 25.2 Å². The summed E-state index contributed by atoms with van der Waals surface area (Å²) in [6.07, 6.45) is 6.16. The summed E-state index contributed by atoms with van der Waals surface area (Å²) in [6.45, 7) is 6.56. The van der Waals surface area contributed by atoms with Crippen LogP contribution in [0.15, 0.2) is 4.52 Å². The molecule has 2 rings (SSSR count). The van der Waals surface area contributed by atoms with Gasteiger partial charge in [-0.25, -0.2) is 0 Å². The Balaban J connectivity index is 2.46. The highest BCUT2D eigenvalue weighted by Gasteiger charge is 2.40. The predicted octanol–water partition coefficient (Wildman–Crippen LogP) is 3.60. The molecule has 1 aromatic heterocycles. The summed E-state index contributed by atoms with van der Waals surface area (Å²) in [5, 5.41) is 3.98. The van der Waals surface area contributed by atoms with E-state index >= 15 is 0 Å². The number of hydrogen-bond donors (Lipinski definition) is 1. The summed E-state index contributed by atoms with van der Waals surface area (Å²) in [5.74, 6) is 2.05. The third kappa shape index (κ3) is 1.62. The van der Waals surface area contributed by atoms with E-state index in [1.54, 1.807) is 0 Å². The fourth-order valence-corrected chi connectivity index (χ4v) is 3.04. The fraction of sp³-hybridized carbons (Fsp3) is 0.769. The minimum Gasteiger partial charge on any atom is -0.381 e. The number of hydrogen-bond acceptors (Lipinski definition) is 3. The van der Waals surface area contributed by atoms with Gasteiger partial charge in [0.05, 0.1) is 0 Å². The Bertz CT molecular complexity index is 362. The highest BCUT2D eigenvalue weighted by Crippen LogP contribution is 2.47. The van der Waals surface area contributed by atoms with Gasteiger partial charge in [0.25, 0.3) is 0 Å². The van der Waals surface area contributed by atoms with Gasteiger partial charge in [0, 0.05) is 11.0 Å². The molecule has 90 valence electrons. The third-order valence-corrected chi connectivity index (χ3v) is 4.05. The van der Waals surface area contributed by atoms with Crippen LogP contribution in [0, 0.1) is 0 Å². The maximum absolute atomic E-state index is 5.92. The van der Waals surface area contributed by atoms with Crippen molar-refractivity contribution in [3.63, 3.8) is 0 Å². The molecule has 1 aromatic rings. The van der Waals surface area contributed by atoms with Gasteiger partial charge < -0.3 is 10.3 Å². The summed E-state index contributed by atoms with van der Waals surface area (Å²) in [6, 6.07) is 0. The van der Waals surface area contributed by atoms with Gasteiger partial charge in [-0.2, -0.15) is 0 Å². The van der Waals surface area contributed by atoms with Gasteiger partial charge in [-0.3, -0.25) is 0 Å². The zero-order chi connectivity index (χ0) is 11.8. The molecule has 1 heterocycles. The topological polar surface area (TPSA) is 52.0 Å². The Morgan fingerprint density at radius 3 is 2.50 bits per heavy atom. The van der Waals surface area contributed by atoms with Gasteiger partial charge in [-0.1, -0.05) is 38.8 Å². The van der Waals surface area contributed by atoms with Crippen LogP contribution in [0.4, 0.5) is 5.82 Å². The number of aromatic nitrogens is 1. The molecule has 0 radical (unpaired) electrons. The van der Waals surface area contributed by atoms with Crippen molar-refractivity contribution in [1.82, 2.24) is 5.16 Å². The van der Waals surface area contributed by atoms with Crippen molar-refractivity contribution in [1.29, 1.82) is 0 Å². The van der Waals surface area contributed by atoms with Crippen LogP contribution in [0.5, 0.6) is 0 Å². The first-order valence-corrected chi connectivity index (χ1v) is 6.36. The molecular formula is C13H22N2O. The van der Waals surface area contributed by atoms with Crippen molar-refractivity contribution >= 4 is 5.82 Å². The van der Waals surface area contributed by atoms with Gasteiger partial charge in [0.15, 0.2) is 5.82 Å². The molecule has 0 atom stereocenters. The third-order valence-electron chi connectivity index (χ3n) is 4.05. The normalized spacial score (nSPS) is 19.5. The van der Waals surface area contributed by atoms with Crippen LogP contribution in [0.3, 0.4) is 0 Å². The van der Waals surface area contributed by atoms with Crippen LogP contribution >= 0.6 is 0 Å². The lowest BCUT2D eigenvalue weighted by Crippen LogP contribution is -2.22. The number of rotatable bonds is 3. The van der Waals surface area contributed by atoms with Crippen molar-refractivity contribution in [3.05, 3.63) is 11.3 Å². The van der Waals surface area contributed by atoms with E-state index in [1.165, 1.54) is 25.7 Å². The quantitative estimate of drug-likeness (QED) is 0.850. The van der Waals surface area contributed by atoms with Crippen molar-refractivity contribution in [2.24, 2.45) is 0 Å². The van der Waals surface area contributed by atoms with E-state index in [0.29, 0.717) is 11.7 Å². The molecule has 0 saturated heterocycles. The summed E-state index contributed by atoms with van der Waals surface area (Å²) in [7, 11) is 0. The number of anilines is 1. The van der Waals surface area contributed by atoms with E-state index < -0.39 is 0 Å². The predicted molar refractivity (Wildman–Crippen MR) is 65.4 cm³/mol. The monoisotopic (exact) mass is 222 g/mol. The molecule has 0 aromatic carbocycles. The first-order chi connectivity index (χ1) is 7.60. The van der Waals surface area contributed by atoms with Crippen LogP contribution in [-0.2, 0) is 5.41 Å². The average molecular weight is 222 g/mol. The van der Waals surface area contributed by atoms with E-state index in [9.17, 15) is 0 Å². The Labute approximate surface area is 97.4 Å². The average Bonchev–Trinajstić information content (AvgIpc) is 2.84. The van der Waals surface area contributed by atoms with Crippen LogP contribution in [-0.4, -0.2) is 5.16 Å². The first kappa shape index (κ1) is 11.5. The molecule has 1 fully saturated rings. The van der Waals surface area contributed by atoms with Crippen molar-refractivity contribution in [3.8, 4) is 0 Å². The Hall–Kier alpha value is -0.990. The number of nitrogens with zero attached hydrogens (tertiary/aromatic N) is 1. The van der Waals surface area contributed by atoms with Crippen LogP contribution < -0.4 is 5.73 Å². The molecule has 3 nitrogen and oxygen atoms in total. The van der Waals surface area contributed by atoms with Crippen LogP contribution in [0.25, 0.3) is 0 Å². The maximum Gasteiger partial charge on any atom is 0.170 e. The number of nitrogen functional groups attached to an aromatic ring is 1. The summed E-state index contributed by atoms with van der Waals surface area (Å²) in [4.78, 5) is 0. The lowest BCUT2D eigenvalue weighted by molar-refractivity contribution is 0.279. The lowest BCUT2D eigenvalue weighted by Gasteiger charge is -2.26. The van der Waals surface area contributed by atoms with Gasteiger partial charge in [0.1, 0.15) is 5.76 Å². The van der Waals surface area contributed by atoms with E-state index in [2.05, 4.69) is 25.9 Å². The van der Waals surface area contributed by atoms with Crippen molar-refractivity contribution < 1.29 is 4.52 Å².